The summed E-state index contributed by atoms with van der Waals surface area (Å²) < 4.78 is 31.3. The van der Waals surface area contributed by atoms with Gasteiger partial charge in [0.1, 0.15) is 17.7 Å². The lowest BCUT2D eigenvalue weighted by atomic mass is 10.2. The van der Waals surface area contributed by atoms with Gasteiger partial charge in [0.2, 0.25) is 10.6 Å². The van der Waals surface area contributed by atoms with Crippen LogP contribution in [0.15, 0.2) is 27.3 Å². The number of nitriles is 1. The molecule has 0 unspecified atom stereocenters. The molecule has 6 heteroatoms. The summed E-state index contributed by atoms with van der Waals surface area (Å²) in [6.07, 6.45) is 0. The smallest absolute Gasteiger partial charge is 0.231 e. The van der Waals surface area contributed by atoms with Crippen LogP contribution in [-0.4, -0.2) is 4.98 Å². The lowest BCUT2D eigenvalue weighted by molar-refractivity contribution is 0.537. The molecule has 0 saturated carbocycles. The number of rotatable bonds is 1. The molecule has 80 valence electrons. The van der Waals surface area contributed by atoms with Crippen LogP contribution >= 0.6 is 15.9 Å². The average molecular weight is 285 g/mol. The van der Waals surface area contributed by atoms with Gasteiger partial charge in [-0.15, -0.1) is 0 Å². The molecule has 0 fully saturated rings. The number of hydrogen-bond donors (Lipinski definition) is 0. The Balaban J connectivity index is 2.59. The van der Waals surface area contributed by atoms with Crippen LogP contribution in [0.4, 0.5) is 8.78 Å². The molecule has 0 aliphatic carbocycles. The van der Waals surface area contributed by atoms with Gasteiger partial charge in [0.05, 0.1) is 5.56 Å². The van der Waals surface area contributed by atoms with Crippen LogP contribution < -0.4 is 0 Å². The maximum Gasteiger partial charge on any atom is 0.231 e. The van der Waals surface area contributed by atoms with E-state index in [0.29, 0.717) is 0 Å². The Morgan fingerprint density at radius 2 is 2.12 bits per heavy atom. The van der Waals surface area contributed by atoms with Gasteiger partial charge in [-0.2, -0.15) is 10.2 Å². The van der Waals surface area contributed by atoms with E-state index in [1.165, 1.54) is 0 Å². The van der Waals surface area contributed by atoms with Crippen molar-refractivity contribution in [1.82, 2.24) is 4.98 Å². The summed E-state index contributed by atoms with van der Waals surface area (Å²) >= 11 is 2.95. The van der Waals surface area contributed by atoms with Crippen LogP contribution in [0.25, 0.3) is 11.5 Å². The van der Waals surface area contributed by atoms with Crippen LogP contribution in [-0.2, 0) is 0 Å². The number of halogens is 3. The minimum atomic E-state index is -0.667. The van der Waals surface area contributed by atoms with Crippen LogP contribution in [0, 0.1) is 23.0 Å². The second kappa shape index (κ2) is 4.02. The Labute approximate surface area is 97.5 Å². The molecule has 0 aliphatic heterocycles. The molecular weight excluding hydrogens is 282 g/mol. The summed E-state index contributed by atoms with van der Waals surface area (Å²) in [5, 5.41) is 8.63. The van der Waals surface area contributed by atoms with Gasteiger partial charge in [0, 0.05) is 0 Å². The topological polar surface area (TPSA) is 49.8 Å². The fourth-order valence-electron chi connectivity index (χ4n) is 1.15. The minimum absolute atomic E-state index is 0.0151. The van der Waals surface area contributed by atoms with Gasteiger partial charge in [0.25, 0.3) is 0 Å². The van der Waals surface area contributed by atoms with E-state index in [9.17, 15) is 8.78 Å². The molecule has 2 aromatic rings. The highest BCUT2D eigenvalue weighted by molar-refractivity contribution is 9.10. The summed E-state index contributed by atoms with van der Waals surface area (Å²) in [5.41, 5.74) is -0.138. The van der Waals surface area contributed by atoms with Crippen LogP contribution in [0.5, 0.6) is 0 Å². The monoisotopic (exact) mass is 284 g/mol. The zero-order valence-corrected chi connectivity index (χ0v) is 9.25. The van der Waals surface area contributed by atoms with Crippen LogP contribution in [0.1, 0.15) is 5.69 Å². The van der Waals surface area contributed by atoms with Crippen LogP contribution in [0.3, 0.4) is 0 Å². The first-order valence-electron chi connectivity index (χ1n) is 4.13. The highest BCUT2D eigenvalue weighted by Gasteiger charge is 2.16. The zero-order chi connectivity index (χ0) is 11.7. The first-order chi connectivity index (χ1) is 7.61. The fraction of sp³-hybridized carbons (Fsp3) is 0. The molecule has 0 atom stereocenters. The Hall–Kier alpha value is -1.74. The zero-order valence-electron chi connectivity index (χ0n) is 7.67. The van der Waals surface area contributed by atoms with E-state index in [4.69, 9.17) is 9.68 Å². The molecule has 1 heterocycles. The maximum atomic E-state index is 13.3. The third kappa shape index (κ3) is 1.82. The van der Waals surface area contributed by atoms with Crippen molar-refractivity contribution in [3.63, 3.8) is 0 Å². The molecule has 0 aliphatic rings. The number of oxazole rings is 1. The predicted molar refractivity (Wildman–Crippen MR) is 54.3 cm³/mol. The van der Waals surface area contributed by atoms with E-state index in [2.05, 4.69) is 20.9 Å². The highest BCUT2D eigenvalue weighted by Crippen LogP contribution is 2.27. The van der Waals surface area contributed by atoms with Crippen molar-refractivity contribution in [2.45, 2.75) is 0 Å². The third-order valence-corrected chi connectivity index (χ3v) is 2.39. The molecule has 1 aromatic heterocycles. The van der Waals surface area contributed by atoms with E-state index < -0.39 is 11.6 Å². The summed E-state index contributed by atoms with van der Waals surface area (Å²) in [6.45, 7) is 0. The molecule has 0 spiro atoms. The van der Waals surface area contributed by atoms with Gasteiger partial charge < -0.3 is 4.42 Å². The molecule has 16 heavy (non-hydrogen) atoms. The Morgan fingerprint density at radius 3 is 2.75 bits per heavy atom. The number of nitrogens with zero attached hydrogens (tertiary/aromatic N) is 2. The lowest BCUT2D eigenvalue weighted by Gasteiger charge is -1.97. The summed E-state index contributed by atoms with van der Waals surface area (Å²) in [4.78, 5) is 3.72. The Kier molecular flexibility index (Phi) is 2.71. The van der Waals surface area contributed by atoms with Gasteiger partial charge >= 0.3 is 0 Å². The van der Waals surface area contributed by atoms with E-state index in [1.807, 2.05) is 0 Å². The lowest BCUT2D eigenvalue weighted by Crippen LogP contribution is -1.86. The second-order valence-corrected chi connectivity index (χ2v) is 3.60. The first-order valence-corrected chi connectivity index (χ1v) is 4.93. The summed E-state index contributed by atoms with van der Waals surface area (Å²) in [5.74, 6) is -1.41. The molecule has 2 rings (SSSR count). The Morgan fingerprint density at radius 1 is 1.38 bits per heavy atom. The maximum absolute atomic E-state index is 13.3. The van der Waals surface area contributed by atoms with Gasteiger partial charge in [-0.25, -0.2) is 8.78 Å². The number of aromatic nitrogens is 1. The minimum Gasteiger partial charge on any atom is -0.428 e. The molecule has 0 amide bonds. The van der Waals surface area contributed by atoms with Crippen molar-refractivity contribution in [1.29, 1.82) is 5.26 Å². The normalized spacial score (nSPS) is 10.1. The van der Waals surface area contributed by atoms with E-state index in [-0.39, 0.29) is 21.8 Å². The SMILES string of the molecule is N#Cc1nc(-c2cc(F)ccc2F)oc1Br. The predicted octanol–water partition coefficient (Wildman–Crippen LogP) is 3.25. The van der Waals surface area contributed by atoms with E-state index >= 15 is 0 Å². The highest BCUT2D eigenvalue weighted by atomic mass is 79.9. The second-order valence-electron chi connectivity index (χ2n) is 2.88. The largest absolute Gasteiger partial charge is 0.428 e. The summed E-state index contributed by atoms with van der Waals surface area (Å²) in [7, 11) is 0. The van der Waals surface area contributed by atoms with E-state index in [0.717, 1.165) is 18.2 Å². The molecule has 0 saturated heterocycles. The quantitative estimate of drug-likeness (QED) is 0.808. The Bertz CT molecular complexity index is 589. The van der Waals surface area contributed by atoms with Gasteiger partial charge in [-0.3, -0.25) is 0 Å². The fourth-order valence-corrected chi connectivity index (χ4v) is 1.48. The van der Waals surface area contributed by atoms with Crippen molar-refractivity contribution in [2.75, 3.05) is 0 Å². The summed E-state index contributed by atoms with van der Waals surface area (Å²) in [6, 6.07) is 4.66. The molecule has 0 N–H and O–H groups in total. The van der Waals surface area contributed by atoms with Crippen molar-refractivity contribution in [3.8, 4) is 17.5 Å². The van der Waals surface area contributed by atoms with Gasteiger partial charge in [0.15, 0.2) is 5.69 Å². The van der Waals surface area contributed by atoms with Crippen LogP contribution in [0.2, 0.25) is 0 Å². The standard InChI is InChI=1S/C10H3BrF2N2O/c11-9-8(4-14)15-10(16-9)6-3-5(12)1-2-7(6)13/h1-3H. The number of benzene rings is 1. The van der Waals surface area contributed by atoms with Crippen molar-refractivity contribution >= 4 is 15.9 Å². The molecule has 3 nitrogen and oxygen atoms in total. The molecule has 1 aromatic carbocycles. The van der Waals surface area contributed by atoms with Crippen molar-refractivity contribution in [3.05, 3.63) is 40.2 Å². The number of hydrogen-bond acceptors (Lipinski definition) is 3. The van der Waals surface area contributed by atoms with Gasteiger partial charge in [-0.1, -0.05) is 0 Å². The van der Waals surface area contributed by atoms with Crippen molar-refractivity contribution in [2.24, 2.45) is 0 Å². The average Bonchev–Trinajstić information content (AvgIpc) is 2.63. The van der Waals surface area contributed by atoms with E-state index in [1.54, 1.807) is 6.07 Å². The van der Waals surface area contributed by atoms with Crippen molar-refractivity contribution < 1.29 is 13.2 Å². The first kappa shape index (κ1) is 10.8. The molecule has 0 radical (unpaired) electrons. The molecule has 0 bridgehead atoms. The van der Waals surface area contributed by atoms with Gasteiger partial charge in [-0.05, 0) is 34.1 Å². The molecular formula is C10H3BrF2N2O. The third-order valence-electron chi connectivity index (χ3n) is 1.85.